The molecule has 0 aliphatic carbocycles. The Morgan fingerprint density at radius 2 is 1.54 bits per heavy atom. The second-order valence-corrected chi connectivity index (χ2v) is 7.41. The number of carboxylic acids is 1. The van der Waals surface area contributed by atoms with Gasteiger partial charge in [-0.05, 0) is 45.9 Å². The summed E-state index contributed by atoms with van der Waals surface area (Å²) in [5, 5.41) is 14.4. The second-order valence-electron chi connectivity index (χ2n) is 6.24. The van der Waals surface area contributed by atoms with Gasteiger partial charge in [0.15, 0.2) is 0 Å². The summed E-state index contributed by atoms with van der Waals surface area (Å²) in [7, 11) is 0. The maximum Gasteiger partial charge on any atom is 0.326 e. The normalized spacial score (nSPS) is 12.7. The lowest BCUT2D eigenvalue weighted by molar-refractivity contribution is -0.142. The number of amides is 2. The van der Waals surface area contributed by atoms with Gasteiger partial charge in [0.1, 0.15) is 17.9 Å². The van der Waals surface area contributed by atoms with Crippen molar-refractivity contribution in [3.05, 3.63) is 69.0 Å². The molecule has 0 saturated heterocycles. The molecule has 2 rings (SSSR count). The van der Waals surface area contributed by atoms with Gasteiger partial charge in [-0.2, -0.15) is 0 Å². The molecule has 0 radical (unpaired) electrons. The van der Waals surface area contributed by atoms with Gasteiger partial charge in [-0.15, -0.1) is 0 Å². The first kappa shape index (κ1) is 21.8. The number of carbonyl (C=O) groups excluding carboxylic acids is 2. The van der Waals surface area contributed by atoms with E-state index in [2.05, 4.69) is 33.2 Å². The third-order valence-corrected chi connectivity index (χ3v) is 5.12. The average Bonchev–Trinajstić information content (AvgIpc) is 2.63. The van der Waals surface area contributed by atoms with E-state index in [1.54, 1.807) is 18.2 Å². The molecule has 0 heterocycles. The molecular weight excluding hydrogens is 478 g/mol. The van der Waals surface area contributed by atoms with Gasteiger partial charge in [0, 0.05) is 23.3 Å². The molecule has 0 fully saturated rings. The Labute approximate surface area is 175 Å². The van der Waals surface area contributed by atoms with Gasteiger partial charge < -0.3 is 15.7 Å². The summed E-state index contributed by atoms with van der Waals surface area (Å²) in [5.41, 5.74) is 1.03. The van der Waals surface area contributed by atoms with Crippen LogP contribution >= 0.6 is 22.6 Å². The average molecular weight is 498 g/mol. The van der Waals surface area contributed by atoms with Crippen LogP contribution in [0.2, 0.25) is 0 Å². The summed E-state index contributed by atoms with van der Waals surface area (Å²) in [5.74, 6) is -2.85. The molecule has 148 valence electrons. The zero-order valence-corrected chi connectivity index (χ0v) is 17.3. The lowest BCUT2D eigenvalue weighted by Gasteiger charge is -2.21. The molecule has 0 aliphatic heterocycles. The van der Waals surface area contributed by atoms with Gasteiger partial charge in [-0.1, -0.05) is 36.4 Å². The Hall–Kier alpha value is -2.49. The second kappa shape index (κ2) is 10.2. The summed E-state index contributed by atoms with van der Waals surface area (Å²) in [6.45, 7) is 1.24. The van der Waals surface area contributed by atoms with Gasteiger partial charge in [0.2, 0.25) is 11.8 Å². The summed E-state index contributed by atoms with van der Waals surface area (Å²) in [4.78, 5) is 35.8. The summed E-state index contributed by atoms with van der Waals surface area (Å²) in [6.07, 6.45) is -0.0000265. The smallest absolute Gasteiger partial charge is 0.326 e. The Bertz CT molecular complexity index is 875. The Balaban J connectivity index is 2.17. The number of benzene rings is 2. The molecule has 2 aromatic rings. The van der Waals surface area contributed by atoms with Crippen LogP contribution in [0.25, 0.3) is 0 Å². The SMILES string of the molecule is CC(=O)N[C@@H](Cc1ccccc1F)C(=O)N[C@@H](Cc1ccccc1I)C(=O)O. The molecule has 0 bridgehead atoms. The molecule has 6 nitrogen and oxygen atoms in total. The van der Waals surface area contributed by atoms with Gasteiger partial charge in [0.25, 0.3) is 0 Å². The highest BCUT2D eigenvalue weighted by Gasteiger charge is 2.27. The van der Waals surface area contributed by atoms with Crippen molar-refractivity contribution >= 4 is 40.4 Å². The van der Waals surface area contributed by atoms with Crippen LogP contribution in [0.4, 0.5) is 4.39 Å². The number of halogens is 2. The maximum absolute atomic E-state index is 13.9. The van der Waals surface area contributed by atoms with Crippen LogP contribution in [0.15, 0.2) is 48.5 Å². The van der Waals surface area contributed by atoms with Crippen LogP contribution in [-0.4, -0.2) is 35.0 Å². The molecule has 0 aromatic heterocycles. The van der Waals surface area contributed by atoms with Gasteiger partial charge in [-0.3, -0.25) is 9.59 Å². The molecular formula is C20H20FIN2O4. The van der Waals surface area contributed by atoms with Crippen molar-refractivity contribution in [3.8, 4) is 0 Å². The molecule has 28 heavy (non-hydrogen) atoms. The lowest BCUT2D eigenvalue weighted by Crippen LogP contribution is -2.52. The minimum atomic E-state index is -1.19. The number of hydrogen-bond acceptors (Lipinski definition) is 3. The summed E-state index contributed by atoms with van der Waals surface area (Å²) in [6, 6.07) is 10.9. The van der Waals surface area contributed by atoms with E-state index in [0.29, 0.717) is 0 Å². The molecule has 0 spiro atoms. The minimum absolute atomic E-state index is 0.0900. The first-order chi connectivity index (χ1) is 13.3. The Morgan fingerprint density at radius 3 is 2.11 bits per heavy atom. The largest absolute Gasteiger partial charge is 0.480 e. The fourth-order valence-electron chi connectivity index (χ4n) is 2.69. The standard InChI is InChI=1S/C20H20FIN2O4/c1-12(25)23-17(10-13-6-2-4-8-15(13)21)19(26)24-18(20(27)28)11-14-7-3-5-9-16(14)22/h2-9,17-18H,10-11H2,1H3,(H,23,25)(H,24,26)(H,27,28)/t17-,18-/m0/s1. The maximum atomic E-state index is 13.9. The Kier molecular flexibility index (Phi) is 7.91. The van der Waals surface area contributed by atoms with E-state index >= 15 is 0 Å². The molecule has 2 atom stereocenters. The van der Waals surface area contributed by atoms with Crippen molar-refractivity contribution in [1.29, 1.82) is 0 Å². The quantitative estimate of drug-likeness (QED) is 0.487. The van der Waals surface area contributed by atoms with Crippen LogP contribution in [0.1, 0.15) is 18.1 Å². The third-order valence-electron chi connectivity index (χ3n) is 4.07. The number of carbonyl (C=O) groups is 3. The third kappa shape index (κ3) is 6.29. The van der Waals surface area contributed by atoms with E-state index in [4.69, 9.17) is 0 Å². The predicted molar refractivity (Wildman–Crippen MR) is 110 cm³/mol. The number of hydrogen-bond donors (Lipinski definition) is 3. The van der Waals surface area contributed by atoms with E-state index < -0.39 is 35.7 Å². The number of carboxylic acid groups (broad SMARTS) is 1. The molecule has 8 heteroatoms. The molecule has 0 saturated carbocycles. The first-order valence-corrected chi connectivity index (χ1v) is 9.63. The van der Waals surface area contributed by atoms with E-state index in [1.165, 1.54) is 25.1 Å². The summed E-state index contributed by atoms with van der Waals surface area (Å²) < 4.78 is 14.8. The van der Waals surface area contributed by atoms with E-state index in [-0.39, 0.29) is 18.4 Å². The van der Waals surface area contributed by atoms with Gasteiger partial charge >= 0.3 is 5.97 Å². The van der Waals surface area contributed by atoms with E-state index in [0.717, 1.165) is 9.13 Å². The van der Waals surface area contributed by atoms with Crippen LogP contribution in [-0.2, 0) is 27.2 Å². The highest BCUT2D eigenvalue weighted by Crippen LogP contribution is 2.14. The fourth-order valence-corrected chi connectivity index (χ4v) is 3.30. The van der Waals surface area contributed by atoms with Crippen LogP contribution in [0, 0.1) is 9.39 Å². The van der Waals surface area contributed by atoms with E-state index in [9.17, 15) is 23.9 Å². The first-order valence-electron chi connectivity index (χ1n) is 8.55. The van der Waals surface area contributed by atoms with Crippen LogP contribution < -0.4 is 10.6 Å². The monoisotopic (exact) mass is 498 g/mol. The van der Waals surface area contributed by atoms with Crippen molar-refractivity contribution in [3.63, 3.8) is 0 Å². The zero-order valence-electron chi connectivity index (χ0n) is 15.1. The number of nitrogens with one attached hydrogen (secondary N) is 2. The van der Waals surface area contributed by atoms with Gasteiger partial charge in [0.05, 0.1) is 0 Å². The van der Waals surface area contributed by atoms with Crippen molar-refractivity contribution in [2.24, 2.45) is 0 Å². The Morgan fingerprint density at radius 1 is 0.964 bits per heavy atom. The van der Waals surface area contributed by atoms with Crippen molar-refractivity contribution < 1.29 is 23.9 Å². The fraction of sp³-hybridized carbons (Fsp3) is 0.250. The highest BCUT2D eigenvalue weighted by molar-refractivity contribution is 14.1. The molecule has 2 aromatic carbocycles. The van der Waals surface area contributed by atoms with Crippen molar-refractivity contribution in [1.82, 2.24) is 10.6 Å². The topological polar surface area (TPSA) is 95.5 Å². The zero-order chi connectivity index (χ0) is 20.7. The molecule has 0 aliphatic rings. The number of aliphatic carboxylic acids is 1. The number of rotatable bonds is 8. The van der Waals surface area contributed by atoms with Crippen molar-refractivity contribution in [2.75, 3.05) is 0 Å². The van der Waals surface area contributed by atoms with E-state index in [1.807, 2.05) is 12.1 Å². The summed E-state index contributed by atoms with van der Waals surface area (Å²) >= 11 is 2.09. The van der Waals surface area contributed by atoms with Crippen molar-refractivity contribution in [2.45, 2.75) is 31.8 Å². The van der Waals surface area contributed by atoms with Crippen LogP contribution in [0.5, 0.6) is 0 Å². The molecule has 2 amide bonds. The lowest BCUT2D eigenvalue weighted by atomic mass is 10.0. The predicted octanol–water partition coefficient (Wildman–Crippen LogP) is 2.29. The molecule has 0 unspecified atom stereocenters. The molecule has 3 N–H and O–H groups in total. The van der Waals surface area contributed by atoms with Crippen LogP contribution in [0.3, 0.4) is 0 Å². The highest BCUT2D eigenvalue weighted by atomic mass is 127. The minimum Gasteiger partial charge on any atom is -0.480 e. The van der Waals surface area contributed by atoms with Gasteiger partial charge in [-0.25, -0.2) is 9.18 Å².